The van der Waals surface area contributed by atoms with Crippen molar-refractivity contribution in [3.05, 3.63) is 0 Å². The lowest BCUT2D eigenvalue weighted by Crippen LogP contribution is -2.37. The summed E-state index contributed by atoms with van der Waals surface area (Å²) in [4.78, 5) is 2.51. The van der Waals surface area contributed by atoms with E-state index in [1.165, 1.54) is 58.0 Å². The van der Waals surface area contributed by atoms with E-state index in [-0.39, 0.29) is 0 Å². The smallest absolute Gasteiger partial charge is 0.0107 e. The highest BCUT2D eigenvalue weighted by molar-refractivity contribution is 4.83. The molecule has 0 aromatic carbocycles. The Morgan fingerprint density at radius 2 is 1.79 bits per heavy atom. The van der Waals surface area contributed by atoms with Crippen LogP contribution in [0.3, 0.4) is 0 Å². The van der Waals surface area contributed by atoms with Crippen LogP contribution in [-0.2, 0) is 0 Å². The van der Waals surface area contributed by atoms with E-state index in [2.05, 4.69) is 17.3 Å². The second-order valence-electron chi connectivity index (χ2n) is 5.00. The van der Waals surface area contributed by atoms with Gasteiger partial charge in [0.05, 0.1) is 0 Å². The molecule has 2 nitrogen and oxygen atoms in total. The Hall–Kier alpha value is -0.0800. The summed E-state index contributed by atoms with van der Waals surface area (Å²) in [5.74, 6) is 0. The third-order valence-electron chi connectivity index (χ3n) is 3.67. The van der Waals surface area contributed by atoms with Crippen molar-refractivity contribution < 1.29 is 0 Å². The number of rotatable bonds is 5. The van der Waals surface area contributed by atoms with Crippen LogP contribution in [0.2, 0.25) is 0 Å². The number of hydrogen-bond acceptors (Lipinski definition) is 2. The Kier molecular flexibility index (Phi) is 3.82. The maximum atomic E-state index is 3.69. The predicted molar refractivity (Wildman–Crippen MR) is 60.5 cm³/mol. The molecule has 2 rings (SSSR count). The standard InChI is InChI=1S/C12H24N2/c1-14(12-7-8-12)10-9-13-11-5-3-2-4-6-11/h11-13H,2-10H2,1H3. The fourth-order valence-corrected chi connectivity index (χ4v) is 2.45. The first-order valence-electron chi connectivity index (χ1n) is 6.30. The minimum Gasteiger partial charge on any atom is -0.313 e. The topological polar surface area (TPSA) is 15.3 Å². The molecule has 0 heterocycles. The van der Waals surface area contributed by atoms with Gasteiger partial charge in [0.1, 0.15) is 0 Å². The summed E-state index contributed by atoms with van der Waals surface area (Å²) >= 11 is 0. The second kappa shape index (κ2) is 5.13. The van der Waals surface area contributed by atoms with E-state index in [1.807, 2.05) is 0 Å². The first kappa shape index (κ1) is 10.4. The first-order chi connectivity index (χ1) is 6.86. The molecule has 2 saturated carbocycles. The molecular weight excluding hydrogens is 172 g/mol. The Labute approximate surface area is 88.1 Å². The molecule has 0 spiro atoms. The molecule has 0 aromatic heterocycles. The Bertz CT molecular complexity index is 160. The van der Waals surface area contributed by atoms with E-state index in [0.29, 0.717) is 0 Å². The van der Waals surface area contributed by atoms with Gasteiger partial charge >= 0.3 is 0 Å². The van der Waals surface area contributed by atoms with Crippen molar-refractivity contribution in [2.45, 2.75) is 57.0 Å². The quantitative estimate of drug-likeness (QED) is 0.723. The van der Waals surface area contributed by atoms with Crippen LogP contribution in [0.5, 0.6) is 0 Å². The predicted octanol–water partition coefficient (Wildman–Crippen LogP) is 2.00. The van der Waals surface area contributed by atoms with E-state index in [9.17, 15) is 0 Å². The molecule has 2 heteroatoms. The van der Waals surface area contributed by atoms with Crippen LogP contribution in [-0.4, -0.2) is 37.1 Å². The fourth-order valence-electron chi connectivity index (χ4n) is 2.45. The first-order valence-corrected chi connectivity index (χ1v) is 6.30. The zero-order valence-corrected chi connectivity index (χ0v) is 9.47. The van der Waals surface area contributed by atoms with Gasteiger partial charge in [-0.05, 0) is 32.7 Å². The van der Waals surface area contributed by atoms with Gasteiger partial charge in [0.25, 0.3) is 0 Å². The van der Waals surface area contributed by atoms with Gasteiger partial charge in [-0.1, -0.05) is 19.3 Å². The average Bonchev–Trinajstić information content (AvgIpc) is 3.02. The molecule has 0 atom stereocenters. The number of nitrogens with zero attached hydrogens (tertiary/aromatic N) is 1. The van der Waals surface area contributed by atoms with E-state index in [0.717, 1.165) is 12.1 Å². The van der Waals surface area contributed by atoms with Crippen molar-refractivity contribution in [1.82, 2.24) is 10.2 Å². The molecule has 2 aliphatic carbocycles. The van der Waals surface area contributed by atoms with Gasteiger partial charge in [0.2, 0.25) is 0 Å². The summed E-state index contributed by atoms with van der Waals surface area (Å²) in [5.41, 5.74) is 0. The van der Waals surface area contributed by atoms with E-state index >= 15 is 0 Å². The number of hydrogen-bond donors (Lipinski definition) is 1. The SMILES string of the molecule is CN(CCNC1CCCCC1)C1CC1. The Morgan fingerprint density at radius 3 is 2.43 bits per heavy atom. The zero-order valence-electron chi connectivity index (χ0n) is 9.47. The normalized spacial score (nSPS) is 24.4. The molecule has 0 saturated heterocycles. The molecule has 2 fully saturated rings. The van der Waals surface area contributed by atoms with Crippen molar-refractivity contribution in [3.63, 3.8) is 0 Å². The summed E-state index contributed by atoms with van der Waals surface area (Å²) in [6.45, 7) is 2.43. The molecule has 0 aromatic rings. The second-order valence-corrected chi connectivity index (χ2v) is 5.00. The lowest BCUT2D eigenvalue weighted by molar-refractivity contribution is 0.299. The molecule has 2 aliphatic rings. The van der Waals surface area contributed by atoms with Gasteiger partial charge in [-0.15, -0.1) is 0 Å². The maximum Gasteiger partial charge on any atom is 0.0107 e. The highest BCUT2D eigenvalue weighted by atomic mass is 15.2. The average molecular weight is 196 g/mol. The van der Waals surface area contributed by atoms with Crippen molar-refractivity contribution in [3.8, 4) is 0 Å². The lowest BCUT2D eigenvalue weighted by Gasteiger charge is -2.24. The third kappa shape index (κ3) is 3.25. The van der Waals surface area contributed by atoms with Crippen LogP contribution in [0.4, 0.5) is 0 Å². The molecule has 0 radical (unpaired) electrons. The number of likely N-dealkylation sites (N-methyl/N-ethyl adjacent to an activating group) is 1. The highest BCUT2D eigenvalue weighted by Gasteiger charge is 2.25. The van der Waals surface area contributed by atoms with E-state index in [1.54, 1.807) is 0 Å². The van der Waals surface area contributed by atoms with Gasteiger partial charge < -0.3 is 10.2 Å². The molecule has 0 aliphatic heterocycles. The maximum absolute atomic E-state index is 3.69. The molecule has 82 valence electrons. The molecule has 0 bridgehead atoms. The fraction of sp³-hybridized carbons (Fsp3) is 1.00. The minimum atomic E-state index is 0.830. The molecule has 1 N–H and O–H groups in total. The minimum absolute atomic E-state index is 0.830. The Balaban J connectivity index is 1.52. The van der Waals surface area contributed by atoms with Crippen LogP contribution >= 0.6 is 0 Å². The summed E-state index contributed by atoms with van der Waals surface area (Å²) < 4.78 is 0. The molecule has 0 unspecified atom stereocenters. The summed E-state index contributed by atoms with van der Waals surface area (Å²) in [5, 5.41) is 3.69. The highest BCUT2D eigenvalue weighted by Crippen LogP contribution is 2.24. The molecular formula is C12H24N2. The van der Waals surface area contributed by atoms with E-state index in [4.69, 9.17) is 0 Å². The van der Waals surface area contributed by atoms with Crippen molar-refractivity contribution in [1.29, 1.82) is 0 Å². The summed E-state index contributed by atoms with van der Waals surface area (Å²) in [6.07, 6.45) is 10.0. The van der Waals surface area contributed by atoms with Gasteiger partial charge in [0.15, 0.2) is 0 Å². The Morgan fingerprint density at radius 1 is 1.07 bits per heavy atom. The van der Waals surface area contributed by atoms with Gasteiger partial charge in [-0.3, -0.25) is 0 Å². The molecule has 0 amide bonds. The van der Waals surface area contributed by atoms with Crippen LogP contribution in [0.1, 0.15) is 44.9 Å². The molecule has 14 heavy (non-hydrogen) atoms. The number of nitrogens with one attached hydrogen (secondary N) is 1. The van der Waals surface area contributed by atoms with Crippen molar-refractivity contribution >= 4 is 0 Å². The van der Waals surface area contributed by atoms with Crippen LogP contribution in [0.15, 0.2) is 0 Å². The monoisotopic (exact) mass is 196 g/mol. The zero-order chi connectivity index (χ0) is 9.80. The lowest BCUT2D eigenvalue weighted by atomic mass is 9.95. The van der Waals surface area contributed by atoms with Crippen LogP contribution in [0.25, 0.3) is 0 Å². The van der Waals surface area contributed by atoms with E-state index < -0.39 is 0 Å². The van der Waals surface area contributed by atoms with Crippen molar-refractivity contribution in [2.24, 2.45) is 0 Å². The van der Waals surface area contributed by atoms with Crippen LogP contribution in [0, 0.1) is 0 Å². The summed E-state index contributed by atoms with van der Waals surface area (Å²) in [7, 11) is 2.26. The van der Waals surface area contributed by atoms with Gasteiger partial charge in [-0.2, -0.15) is 0 Å². The van der Waals surface area contributed by atoms with Crippen molar-refractivity contribution in [2.75, 3.05) is 20.1 Å². The van der Waals surface area contributed by atoms with Gasteiger partial charge in [0, 0.05) is 25.2 Å². The van der Waals surface area contributed by atoms with Gasteiger partial charge in [-0.25, -0.2) is 0 Å². The van der Waals surface area contributed by atoms with Crippen LogP contribution < -0.4 is 5.32 Å². The summed E-state index contributed by atoms with van der Waals surface area (Å²) in [6, 6.07) is 1.75. The third-order valence-corrected chi connectivity index (χ3v) is 3.67. The largest absolute Gasteiger partial charge is 0.313 e.